The van der Waals surface area contributed by atoms with E-state index in [2.05, 4.69) is 29.8 Å². The number of hydrogen-bond donors (Lipinski definition) is 1. The normalized spacial score (nSPS) is 15.0. The summed E-state index contributed by atoms with van der Waals surface area (Å²) in [6.07, 6.45) is 1.24. The zero-order valence-electron chi connectivity index (χ0n) is 4.69. The van der Waals surface area contributed by atoms with Crippen molar-refractivity contribution in [1.82, 2.24) is 3.11 Å². The highest BCUT2D eigenvalue weighted by molar-refractivity contribution is 14.1. The van der Waals surface area contributed by atoms with E-state index in [4.69, 9.17) is 5.73 Å². The Bertz CT molecular complexity index is 47.0. The number of rotatable bonds is 2. The fourth-order valence-corrected chi connectivity index (χ4v) is 0.645. The van der Waals surface area contributed by atoms with Crippen LogP contribution in [0.4, 0.5) is 0 Å². The van der Waals surface area contributed by atoms with Gasteiger partial charge in [-0.15, -0.1) is 0 Å². The first kappa shape index (κ1) is 7.65. The topological polar surface area (TPSA) is 29.3 Å². The van der Waals surface area contributed by atoms with E-state index in [1.807, 2.05) is 10.2 Å². The molecule has 1 atom stereocenters. The summed E-state index contributed by atoms with van der Waals surface area (Å²) in [6.45, 7) is 2.07. The Labute approximate surface area is 58.6 Å². The van der Waals surface area contributed by atoms with E-state index in [1.165, 1.54) is 0 Å². The van der Waals surface area contributed by atoms with Gasteiger partial charge in [0, 0.05) is 22.9 Å². The molecule has 0 aliphatic carbocycles. The van der Waals surface area contributed by atoms with Crippen molar-refractivity contribution in [2.24, 2.45) is 5.73 Å². The van der Waals surface area contributed by atoms with Crippen LogP contribution in [-0.4, -0.2) is 16.3 Å². The van der Waals surface area contributed by atoms with Gasteiger partial charge in [0.1, 0.15) is 0 Å². The van der Waals surface area contributed by atoms with Crippen molar-refractivity contribution < 1.29 is 0 Å². The van der Waals surface area contributed by atoms with Gasteiger partial charge in [0.2, 0.25) is 0 Å². The third-order valence-corrected chi connectivity index (χ3v) is 1.59. The molecular weight excluding hydrogens is 203 g/mol. The van der Waals surface area contributed by atoms with Crippen LogP contribution in [0.1, 0.15) is 13.3 Å². The summed E-state index contributed by atoms with van der Waals surface area (Å²) in [4.78, 5) is 0. The molecule has 0 aromatic carbocycles. The van der Waals surface area contributed by atoms with E-state index in [0.29, 0.717) is 0 Å². The van der Waals surface area contributed by atoms with Crippen molar-refractivity contribution in [2.45, 2.75) is 19.5 Å². The molecule has 0 rings (SSSR count). The molecule has 2 N–H and O–H groups in total. The van der Waals surface area contributed by atoms with E-state index in [-0.39, 0.29) is 6.17 Å². The highest BCUT2D eigenvalue weighted by Gasteiger charge is 1.99. The molecule has 0 spiro atoms. The second-order valence-electron chi connectivity index (χ2n) is 1.50. The van der Waals surface area contributed by atoms with Gasteiger partial charge >= 0.3 is 0 Å². The zero-order valence-corrected chi connectivity index (χ0v) is 6.84. The quantitative estimate of drug-likeness (QED) is 0.421. The third-order valence-electron chi connectivity index (χ3n) is 0.875. The summed E-state index contributed by atoms with van der Waals surface area (Å²) in [6, 6.07) is 0. The molecule has 0 unspecified atom stereocenters. The van der Waals surface area contributed by atoms with E-state index in [1.54, 1.807) is 0 Å². The number of nitrogens with zero attached hydrogens (tertiary/aromatic N) is 1. The summed E-state index contributed by atoms with van der Waals surface area (Å²) in [5.41, 5.74) is 5.53. The first-order chi connectivity index (χ1) is 3.18. The highest BCUT2D eigenvalue weighted by atomic mass is 127. The summed E-state index contributed by atoms with van der Waals surface area (Å²) in [5, 5.41) is 0. The minimum Gasteiger partial charge on any atom is -0.315 e. The van der Waals surface area contributed by atoms with Gasteiger partial charge in [-0.1, -0.05) is 6.92 Å². The molecule has 0 saturated heterocycles. The van der Waals surface area contributed by atoms with Crippen LogP contribution in [0.15, 0.2) is 0 Å². The standard InChI is InChI=1S/C4H11IN2/c1-3-4(6)7(2)5/h4H,3,6H2,1-2H3/t4-/m0/s1. The Morgan fingerprint density at radius 2 is 2.29 bits per heavy atom. The van der Waals surface area contributed by atoms with Crippen LogP contribution >= 0.6 is 22.9 Å². The summed E-state index contributed by atoms with van der Waals surface area (Å²) in [5.74, 6) is 0. The van der Waals surface area contributed by atoms with Gasteiger partial charge in [0.25, 0.3) is 0 Å². The van der Waals surface area contributed by atoms with Crippen LogP contribution in [0.5, 0.6) is 0 Å². The molecule has 0 fully saturated rings. The molecule has 0 aromatic rings. The van der Waals surface area contributed by atoms with Crippen molar-refractivity contribution in [1.29, 1.82) is 0 Å². The lowest BCUT2D eigenvalue weighted by Gasteiger charge is -2.13. The Morgan fingerprint density at radius 3 is 2.29 bits per heavy atom. The van der Waals surface area contributed by atoms with Gasteiger partial charge < -0.3 is 5.73 Å². The number of nitrogens with two attached hydrogens (primary N) is 1. The number of halogens is 1. The van der Waals surface area contributed by atoms with E-state index < -0.39 is 0 Å². The fraction of sp³-hybridized carbons (Fsp3) is 1.00. The lowest BCUT2D eigenvalue weighted by molar-refractivity contribution is 0.438. The molecule has 0 saturated carbocycles. The van der Waals surface area contributed by atoms with Crippen LogP contribution in [0.2, 0.25) is 0 Å². The molecule has 2 nitrogen and oxygen atoms in total. The Morgan fingerprint density at radius 1 is 1.86 bits per heavy atom. The molecule has 3 heteroatoms. The SMILES string of the molecule is CC[C@@H](N)N(C)I. The molecule has 0 heterocycles. The van der Waals surface area contributed by atoms with Crippen LogP contribution in [0.25, 0.3) is 0 Å². The minimum atomic E-state index is 0.223. The smallest absolute Gasteiger partial charge is 0.0657 e. The first-order valence-electron chi connectivity index (χ1n) is 2.32. The van der Waals surface area contributed by atoms with E-state index in [0.717, 1.165) is 6.42 Å². The van der Waals surface area contributed by atoms with Crippen LogP contribution in [0, 0.1) is 0 Å². The van der Waals surface area contributed by atoms with Crippen LogP contribution < -0.4 is 5.73 Å². The van der Waals surface area contributed by atoms with E-state index in [9.17, 15) is 0 Å². The van der Waals surface area contributed by atoms with Crippen molar-refractivity contribution in [3.63, 3.8) is 0 Å². The molecule has 7 heavy (non-hydrogen) atoms. The largest absolute Gasteiger partial charge is 0.315 e. The molecule has 0 bridgehead atoms. The second kappa shape index (κ2) is 3.63. The number of hydrogen-bond acceptors (Lipinski definition) is 2. The molecular formula is C4H11IN2. The minimum absolute atomic E-state index is 0.223. The Kier molecular flexibility index (Phi) is 3.96. The van der Waals surface area contributed by atoms with Gasteiger partial charge in [-0.25, -0.2) is 3.11 Å². The highest BCUT2D eigenvalue weighted by Crippen LogP contribution is 1.98. The lowest BCUT2D eigenvalue weighted by atomic mass is 10.4. The van der Waals surface area contributed by atoms with Crippen LogP contribution in [0.3, 0.4) is 0 Å². The van der Waals surface area contributed by atoms with E-state index >= 15 is 0 Å². The predicted molar refractivity (Wildman–Crippen MR) is 40.0 cm³/mol. The van der Waals surface area contributed by atoms with Gasteiger partial charge in [-0.3, -0.25) is 0 Å². The molecule has 0 amide bonds. The zero-order chi connectivity index (χ0) is 5.86. The molecule has 44 valence electrons. The summed E-state index contributed by atoms with van der Waals surface area (Å²) < 4.78 is 1.97. The molecule has 0 radical (unpaired) electrons. The summed E-state index contributed by atoms with van der Waals surface area (Å²) in [7, 11) is 1.97. The summed E-state index contributed by atoms with van der Waals surface area (Å²) >= 11 is 2.18. The maximum absolute atomic E-state index is 5.53. The third kappa shape index (κ3) is 3.25. The average molecular weight is 214 g/mol. The lowest BCUT2D eigenvalue weighted by Crippen LogP contribution is -2.31. The van der Waals surface area contributed by atoms with Crippen molar-refractivity contribution >= 4 is 22.9 Å². The molecule has 0 aromatic heterocycles. The first-order valence-corrected chi connectivity index (χ1v) is 3.29. The fourth-order valence-electron chi connectivity index (χ4n) is 0.252. The van der Waals surface area contributed by atoms with Gasteiger partial charge in [-0.2, -0.15) is 0 Å². The van der Waals surface area contributed by atoms with Crippen molar-refractivity contribution in [3.05, 3.63) is 0 Å². The molecule has 0 aliphatic heterocycles. The Hall–Kier alpha value is 0.650. The molecule has 0 aliphatic rings. The van der Waals surface area contributed by atoms with Crippen molar-refractivity contribution in [2.75, 3.05) is 7.05 Å². The Balaban J connectivity index is 3.14. The maximum atomic E-state index is 5.53. The van der Waals surface area contributed by atoms with Crippen molar-refractivity contribution in [3.8, 4) is 0 Å². The van der Waals surface area contributed by atoms with Crippen LogP contribution in [-0.2, 0) is 0 Å². The monoisotopic (exact) mass is 214 g/mol. The average Bonchev–Trinajstić information content (AvgIpc) is 1.65. The van der Waals surface area contributed by atoms with Gasteiger partial charge in [0.15, 0.2) is 0 Å². The second-order valence-corrected chi connectivity index (χ2v) is 3.02. The van der Waals surface area contributed by atoms with Gasteiger partial charge in [0.05, 0.1) is 6.17 Å². The predicted octanol–water partition coefficient (Wildman–Crippen LogP) is 0.963. The van der Waals surface area contributed by atoms with Gasteiger partial charge in [-0.05, 0) is 13.5 Å². The maximum Gasteiger partial charge on any atom is 0.0657 e.